The molecule has 0 unspecified atom stereocenters. The zero-order valence-electron chi connectivity index (χ0n) is 17.2. The number of pyridine rings is 1. The van der Waals surface area contributed by atoms with E-state index in [1.165, 1.54) is 19.3 Å². The van der Waals surface area contributed by atoms with E-state index < -0.39 is 0 Å². The fourth-order valence-corrected chi connectivity index (χ4v) is 3.41. The van der Waals surface area contributed by atoms with Crippen LogP contribution in [0, 0.1) is 0 Å². The smallest absolute Gasteiger partial charge is 0.297 e. The molecule has 0 aliphatic rings. The van der Waals surface area contributed by atoms with Crippen LogP contribution in [0.5, 0.6) is 11.5 Å². The normalized spacial score (nSPS) is 11.1. The first kappa shape index (κ1) is 21.1. The predicted molar refractivity (Wildman–Crippen MR) is 113 cm³/mol. The van der Waals surface area contributed by atoms with Gasteiger partial charge in [-0.25, -0.2) is 0 Å². The number of nitrogens with zero attached hydrogens (tertiary/aromatic N) is 1. The second kappa shape index (κ2) is 10.2. The molecule has 0 saturated heterocycles. The highest BCUT2D eigenvalue weighted by atomic mass is 16.5. The van der Waals surface area contributed by atoms with Crippen molar-refractivity contribution in [3.05, 3.63) is 28.0 Å². The molecule has 0 radical (unpaired) electrons. The van der Waals surface area contributed by atoms with Crippen LogP contribution in [0.15, 0.2) is 16.9 Å². The van der Waals surface area contributed by atoms with Crippen LogP contribution >= 0.6 is 0 Å². The van der Waals surface area contributed by atoms with E-state index in [9.17, 15) is 9.90 Å². The molecule has 0 aliphatic carbocycles. The summed E-state index contributed by atoms with van der Waals surface area (Å²) in [6.07, 6.45) is 7.39. The number of rotatable bonds is 11. The molecule has 0 amide bonds. The first-order valence-electron chi connectivity index (χ1n) is 10.3. The number of anilines is 1. The van der Waals surface area contributed by atoms with Crippen molar-refractivity contribution >= 4 is 16.6 Å². The predicted octanol–water partition coefficient (Wildman–Crippen LogP) is 4.98. The molecule has 5 nitrogen and oxygen atoms in total. The highest BCUT2D eigenvalue weighted by Gasteiger charge is 2.20. The number of ether oxygens (including phenoxy) is 1. The van der Waals surface area contributed by atoms with Gasteiger partial charge in [-0.3, -0.25) is 4.79 Å². The van der Waals surface area contributed by atoms with E-state index in [1.54, 1.807) is 11.6 Å². The largest absolute Gasteiger partial charge is 0.504 e. The fraction of sp³-hybridized carbons (Fsp3) is 0.591. The minimum Gasteiger partial charge on any atom is -0.504 e. The van der Waals surface area contributed by atoms with Crippen LogP contribution in [0.25, 0.3) is 10.9 Å². The summed E-state index contributed by atoms with van der Waals surface area (Å²) in [5.41, 5.74) is 2.48. The molecule has 1 aromatic carbocycles. The van der Waals surface area contributed by atoms with Crippen molar-refractivity contribution in [1.82, 2.24) is 4.57 Å². The van der Waals surface area contributed by atoms with Crippen molar-refractivity contribution in [3.8, 4) is 11.5 Å². The monoisotopic (exact) mass is 374 g/mol. The van der Waals surface area contributed by atoms with Crippen molar-refractivity contribution in [1.29, 1.82) is 0 Å². The summed E-state index contributed by atoms with van der Waals surface area (Å²) in [4.78, 5) is 12.6. The number of fused-ring (bicyclic) bond motifs is 1. The summed E-state index contributed by atoms with van der Waals surface area (Å²) < 4.78 is 7.23. The van der Waals surface area contributed by atoms with E-state index >= 15 is 0 Å². The first-order chi connectivity index (χ1) is 13.1. The van der Waals surface area contributed by atoms with E-state index in [0.717, 1.165) is 49.0 Å². The van der Waals surface area contributed by atoms with Gasteiger partial charge in [0.25, 0.3) is 5.56 Å². The standard InChI is InChI=1S/C22H34N2O3/c1-5-8-10-11-14-23-17-12-13-18-19(16(17)7-3)20(25)21(22(26)24(18)4)27-15-9-6-2/h12-13,23,25H,5-11,14-15H2,1-4H3. The molecule has 0 spiro atoms. The molecule has 2 aromatic rings. The molecule has 0 aliphatic heterocycles. The number of nitrogens with one attached hydrogen (secondary N) is 1. The molecule has 2 N–H and O–H groups in total. The Kier molecular flexibility index (Phi) is 8.01. The minimum atomic E-state index is -0.293. The van der Waals surface area contributed by atoms with E-state index in [-0.39, 0.29) is 17.1 Å². The number of aromatic nitrogens is 1. The highest BCUT2D eigenvalue weighted by molar-refractivity contribution is 5.94. The summed E-state index contributed by atoms with van der Waals surface area (Å²) in [6.45, 7) is 7.68. The Morgan fingerprint density at radius 1 is 1.07 bits per heavy atom. The maximum Gasteiger partial charge on any atom is 0.297 e. The average molecular weight is 375 g/mol. The van der Waals surface area contributed by atoms with Gasteiger partial charge in [-0.05, 0) is 37.0 Å². The lowest BCUT2D eigenvalue weighted by Crippen LogP contribution is -2.21. The first-order valence-corrected chi connectivity index (χ1v) is 10.3. The second-order valence-electron chi connectivity index (χ2n) is 7.07. The van der Waals surface area contributed by atoms with Crippen molar-refractivity contribution < 1.29 is 9.84 Å². The van der Waals surface area contributed by atoms with E-state index in [2.05, 4.69) is 26.1 Å². The molecule has 27 heavy (non-hydrogen) atoms. The lowest BCUT2D eigenvalue weighted by atomic mass is 10.0. The number of aromatic hydroxyl groups is 1. The zero-order chi connectivity index (χ0) is 19.8. The van der Waals surface area contributed by atoms with Crippen molar-refractivity contribution in [2.24, 2.45) is 7.05 Å². The van der Waals surface area contributed by atoms with Crippen LogP contribution < -0.4 is 15.6 Å². The van der Waals surface area contributed by atoms with Gasteiger partial charge in [-0.1, -0.05) is 46.5 Å². The number of hydrogen-bond donors (Lipinski definition) is 2. The molecule has 150 valence electrons. The van der Waals surface area contributed by atoms with Crippen molar-refractivity contribution in [2.45, 2.75) is 65.7 Å². The van der Waals surface area contributed by atoms with Gasteiger partial charge in [0.15, 0.2) is 5.75 Å². The maximum atomic E-state index is 12.6. The fourth-order valence-electron chi connectivity index (χ4n) is 3.41. The van der Waals surface area contributed by atoms with Gasteiger partial charge in [0.05, 0.1) is 12.1 Å². The number of aryl methyl sites for hydroxylation is 2. The molecule has 0 bridgehead atoms. The Morgan fingerprint density at radius 2 is 1.81 bits per heavy atom. The molecule has 2 rings (SSSR count). The third kappa shape index (κ3) is 4.76. The van der Waals surface area contributed by atoms with Crippen molar-refractivity contribution in [3.63, 3.8) is 0 Å². The summed E-state index contributed by atoms with van der Waals surface area (Å²) >= 11 is 0. The van der Waals surface area contributed by atoms with Gasteiger partial charge in [0, 0.05) is 24.7 Å². The Labute approximate surface area is 162 Å². The molecule has 1 aromatic heterocycles. The Balaban J connectivity index is 2.43. The van der Waals surface area contributed by atoms with Gasteiger partial charge in [-0.15, -0.1) is 0 Å². The highest BCUT2D eigenvalue weighted by Crippen LogP contribution is 2.37. The maximum absolute atomic E-state index is 12.6. The summed E-state index contributed by atoms with van der Waals surface area (Å²) in [5, 5.41) is 15.1. The summed E-state index contributed by atoms with van der Waals surface area (Å²) in [7, 11) is 1.73. The molecule has 0 saturated carbocycles. The average Bonchev–Trinajstić information content (AvgIpc) is 2.68. The van der Waals surface area contributed by atoms with Crippen LogP contribution in [0.2, 0.25) is 0 Å². The molecular weight excluding hydrogens is 340 g/mol. The molecular formula is C22H34N2O3. The van der Waals surface area contributed by atoms with Crippen molar-refractivity contribution in [2.75, 3.05) is 18.5 Å². The molecule has 1 heterocycles. The summed E-state index contributed by atoms with van der Waals surface area (Å²) in [5.74, 6) is 0.0314. The van der Waals surface area contributed by atoms with Gasteiger partial charge >= 0.3 is 0 Å². The molecule has 0 fully saturated rings. The topological polar surface area (TPSA) is 63.5 Å². The Morgan fingerprint density at radius 3 is 2.48 bits per heavy atom. The Hall–Kier alpha value is -2.17. The summed E-state index contributed by atoms with van der Waals surface area (Å²) in [6, 6.07) is 3.91. The second-order valence-corrected chi connectivity index (χ2v) is 7.07. The molecule has 0 atom stereocenters. The van der Waals surface area contributed by atoms with E-state index in [1.807, 2.05) is 12.1 Å². The van der Waals surface area contributed by atoms with Gasteiger partial charge in [-0.2, -0.15) is 0 Å². The van der Waals surface area contributed by atoms with Gasteiger partial charge < -0.3 is 19.7 Å². The van der Waals surface area contributed by atoms with E-state index in [4.69, 9.17) is 4.74 Å². The lowest BCUT2D eigenvalue weighted by molar-refractivity contribution is 0.288. The number of hydrogen-bond acceptors (Lipinski definition) is 4. The number of unbranched alkanes of at least 4 members (excludes halogenated alkanes) is 4. The quantitative estimate of drug-likeness (QED) is 0.545. The SMILES string of the molecule is CCCCCCNc1ccc2c(c(O)c(OCCCC)c(=O)n2C)c1CC. The third-order valence-corrected chi connectivity index (χ3v) is 5.05. The Bertz CT molecular complexity index is 812. The number of benzene rings is 1. The van der Waals surface area contributed by atoms with Gasteiger partial charge in [0.1, 0.15) is 0 Å². The van der Waals surface area contributed by atoms with Crippen LogP contribution in [0.3, 0.4) is 0 Å². The zero-order valence-corrected chi connectivity index (χ0v) is 17.2. The molecule has 5 heteroatoms. The lowest BCUT2D eigenvalue weighted by Gasteiger charge is -2.18. The van der Waals surface area contributed by atoms with Crippen LogP contribution in [-0.4, -0.2) is 22.8 Å². The van der Waals surface area contributed by atoms with Crippen LogP contribution in [0.4, 0.5) is 5.69 Å². The van der Waals surface area contributed by atoms with E-state index in [0.29, 0.717) is 12.0 Å². The third-order valence-electron chi connectivity index (χ3n) is 5.05. The van der Waals surface area contributed by atoms with Crippen LogP contribution in [0.1, 0.15) is 64.9 Å². The minimum absolute atomic E-state index is 0.0318. The van der Waals surface area contributed by atoms with Crippen LogP contribution in [-0.2, 0) is 13.5 Å². The van der Waals surface area contributed by atoms with Gasteiger partial charge in [0.2, 0.25) is 5.75 Å².